The highest BCUT2D eigenvalue weighted by molar-refractivity contribution is 5.44. The summed E-state index contributed by atoms with van der Waals surface area (Å²) < 4.78 is 85.2. The van der Waals surface area contributed by atoms with Gasteiger partial charge in [0.25, 0.3) is 0 Å². The molecule has 1 aromatic carbocycles. The third kappa shape index (κ3) is 3.79. The Balaban J connectivity index is 2.92. The summed E-state index contributed by atoms with van der Waals surface area (Å²) in [6, 6.07) is -0.585. The third-order valence-corrected chi connectivity index (χ3v) is 1.81. The lowest BCUT2D eigenvalue weighted by Gasteiger charge is -2.24. The molecule has 1 aromatic rings. The maximum Gasteiger partial charge on any atom is 0.417 e. The lowest BCUT2D eigenvalue weighted by Crippen LogP contribution is -2.47. The number of halogens is 7. The van der Waals surface area contributed by atoms with E-state index in [1.54, 1.807) is 0 Å². The van der Waals surface area contributed by atoms with Crippen LogP contribution in [0.1, 0.15) is 0 Å². The van der Waals surface area contributed by atoms with Gasteiger partial charge in [0.15, 0.2) is 0 Å². The molecule has 0 saturated heterocycles. The number of rotatable bonds is 2. The normalized spacial score (nSPS) is 12.9. The largest absolute Gasteiger partial charge is 0.417 e. The lowest BCUT2D eigenvalue weighted by molar-refractivity contribution is -0.242. The van der Waals surface area contributed by atoms with Crippen LogP contribution in [0.5, 0.6) is 0 Å². The first-order chi connectivity index (χ1) is 7.60. The van der Waals surface area contributed by atoms with Crippen molar-refractivity contribution in [2.24, 2.45) is 0 Å². The molecule has 8 heteroatoms. The Bertz CT molecular complexity index is 350. The van der Waals surface area contributed by atoms with E-state index in [0.717, 1.165) is 24.3 Å². The van der Waals surface area contributed by atoms with E-state index in [1.165, 1.54) is 5.32 Å². The second kappa shape index (κ2) is 4.42. The van der Waals surface area contributed by atoms with E-state index in [2.05, 4.69) is 0 Å². The maximum atomic E-state index is 12.4. The zero-order valence-corrected chi connectivity index (χ0v) is 8.03. The van der Waals surface area contributed by atoms with Crippen molar-refractivity contribution < 1.29 is 30.7 Å². The molecule has 1 nitrogen and oxygen atoms in total. The molecule has 0 saturated carbocycles. The van der Waals surface area contributed by atoms with Gasteiger partial charge in [-0.05, 0) is 24.3 Å². The lowest BCUT2D eigenvalue weighted by atomic mass is 10.2. The van der Waals surface area contributed by atoms with Crippen molar-refractivity contribution in [2.45, 2.75) is 18.4 Å². The topological polar surface area (TPSA) is 12.0 Å². The van der Waals surface area contributed by atoms with E-state index in [4.69, 9.17) is 0 Å². The minimum atomic E-state index is -5.48. The van der Waals surface area contributed by atoms with Crippen molar-refractivity contribution in [1.29, 1.82) is 0 Å². The molecule has 0 atom stereocenters. The van der Waals surface area contributed by atoms with Gasteiger partial charge in [-0.25, -0.2) is 4.39 Å². The summed E-state index contributed by atoms with van der Waals surface area (Å²) in [6.45, 7) is 0. The van der Waals surface area contributed by atoms with E-state index < -0.39 is 29.9 Å². The highest BCUT2D eigenvalue weighted by Crippen LogP contribution is 2.35. The van der Waals surface area contributed by atoms with Crippen molar-refractivity contribution in [3.63, 3.8) is 0 Å². The Morgan fingerprint density at radius 1 is 0.824 bits per heavy atom. The van der Waals surface area contributed by atoms with E-state index in [-0.39, 0.29) is 0 Å². The third-order valence-electron chi connectivity index (χ3n) is 1.81. The van der Waals surface area contributed by atoms with Crippen LogP contribution < -0.4 is 5.32 Å². The van der Waals surface area contributed by atoms with Crippen LogP contribution in [0.4, 0.5) is 36.4 Å². The molecule has 1 rings (SSSR count). The number of hydrogen-bond donors (Lipinski definition) is 1. The van der Waals surface area contributed by atoms with Gasteiger partial charge in [-0.15, -0.1) is 0 Å². The zero-order valence-electron chi connectivity index (χ0n) is 8.03. The molecular formula is C9H6F7N. The molecule has 0 amide bonds. The van der Waals surface area contributed by atoms with Crippen LogP contribution in [-0.4, -0.2) is 18.4 Å². The van der Waals surface area contributed by atoms with Gasteiger partial charge in [0.05, 0.1) is 0 Å². The van der Waals surface area contributed by atoms with Crippen LogP contribution in [0.2, 0.25) is 0 Å². The van der Waals surface area contributed by atoms with Crippen molar-refractivity contribution in [3.8, 4) is 0 Å². The monoisotopic (exact) mass is 261 g/mol. The fraction of sp³-hybridized carbons (Fsp3) is 0.333. The van der Waals surface area contributed by atoms with Gasteiger partial charge < -0.3 is 5.32 Å². The second-order valence-electron chi connectivity index (χ2n) is 3.17. The molecule has 0 bridgehead atoms. The van der Waals surface area contributed by atoms with Gasteiger partial charge in [-0.3, -0.25) is 0 Å². The van der Waals surface area contributed by atoms with Gasteiger partial charge >= 0.3 is 12.4 Å². The van der Waals surface area contributed by atoms with E-state index in [1.807, 2.05) is 0 Å². The summed E-state index contributed by atoms with van der Waals surface area (Å²) in [5.41, 5.74) is -0.467. The summed E-state index contributed by atoms with van der Waals surface area (Å²) in [5, 5.41) is 1.27. The zero-order chi connectivity index (χ0) is 13.3. The predicted molar refractivity (Wildman–Crippen MR) is 45.9 cm³/mol. The van der Waals surface area contributed by atoms with Crippen LogP contribution in [0.3, 0.4) is 0 Å². The highest BCUT2D eigenvalue weighted by Gasteiger charge is 2.56. The van der Waals surface area contributed by atoms with Crippen LogP contribution in [0, 0.1) is 5.82 Å². The summed E-state index contributed by atoms with van der Waals surface area (Å²) in [5.74, 6) is -0.758. The van der Waals surface area contributed by atoms with E-state index in [0.29, 0.717) is 0 Å². The molecule has 0 aliphatic rings. The molecular weight excluding hydrogens is 255 g/mol. The number of alkyl halides is 6. The van der Waals surface area contributed by atoms with Crippen LogP contribution in [0.25, 0.3) is 0 Å². The van der Waals surface area contributed by atoms with E-state index in [9.17, 15) is 30.7 Å². The molecule has 0 heterocycles. The van der Waals surface area contributed by atoms with Gasteiger partial charge in [-0.2, -0.15) is 26.3 Å². The summed E-state index contributed by atoms with van der Waals surface area (Å²) in [6.07, 6.45) is -11.0. The maximum absolute atomic E-state index is 12.4. The molecule has 17 heavy (non-hydrogen) atoms. The van der Waals surface area contributed by atoms with E-state index >= 15 is 0 Å². The average molecular weight is 261 g/mol. The van der Waals surface area contributed by atoms with Crippen LogP contribution in [-0.2, 0) is 0 Å². The fourth-order valence-electron chi connectivity index (χ4n) is 1.06. The molecule has 0 unspecified atom stereocenters. The molecule has 96 valence electrons. The molecule has 0 aliphatic heterocycles. The molecule has 0 fully saturated rings. The summed E-state index contributed by atoms with van der Waals surface area (Å²) >= 11 is 0. The van der Waals surface area contributed by atoms with Crippen molar-refractivity contribution in [2.75, 3.05) is 5.32 Å². The number of anilines is 1. The second-order valence-corrected chi connectivity index (χ2v) is 3.17. The minimum Gasteiger partial charge on any atom is -0.367 e. The highest BCUT2D eigenvalue weighted by atomic mass is 19.4. The minimum absolute atomic E-state index is 0.467. The van der Waals surface area contributed by atoms with Crippen LogP contribution >= 0.6 is 0 Å². The Morgan fingerprint density at radius 3 is 1.59 bits per heavy atom. The number of hydrogen-bond acceptors (Lipinski definition) is 1. The van der Waals surface area contributed by atoms with Crippen molar-refractivity contribution >= 4 is 5.69 Å². The number of benzene rings is 1. The Labute approximate surface area is 91.2 Å². The Hall–Kier alpha value is -1.47. The van der Waals surface area contributed by atoms with Crippen LogP contribution in [0.15, 0.2) is 24.3 Å². The van der Waals surface area contributed by atoms with Gasteiger partial charge in [0.1, 0.15) is 5.82 Å². The Kier molecular flexibility index (Phi) is 3.53. The first-order valence-electron chi connectivity index (χ1n) is 4.26. The number of nitrogens with one attached hydrogen (secondary N) is 1. The molecule has 0 aromatic heterocycles. The molecule has 0 radical (unpaired) electrons. The first-order valence-corrected chi connectivity index (χ1v) is 4.26. The standard InChI is InChI=1S/C9H6F7N/c10-5-1-3-6(4-2-5)17-7(8(11,12)13)9(14,15)16/h1-4,7,17H. The Morgan fingerprint density at radius 2 is 1.24 bits per heavy atom. The molecule has 0 aliphatic carbocycles. The first kappa shape index (κ1) is 13.6. The van der Waals surface area contributed by atoms with Crippen molar-refractivity contribution in [1.82, 2.24) is 0 Å². The van der Waals surface area contributed by atoms with Crippen molar-refractivity contribution in [3.05, 3.63) is 30.1 Å². The average Bonchev–Trinajstić information content (AvgIpc) is 2.13. The predicted octanol–water partition coefficient (Wildman–Crippen LogP) is 3.73. The summed E-state index contributed by atoms with van der Waals surface area (Å²) in [4.78, 5) is 0. The quantitative estimate of drug-likeness (QED) is 0.800. The smallest absolute Gasteiger partial charge is 0.367 e. The van der Waals surface area contributed by atoms with Gasteiger partial charge in [-0.1, -0.05) is 0 Å². The molecule has 0 spiro atoms. The fourth-order valence-corrected chi connectivity index (χ4v) is 1.06. The van der Waals surface area contributed by atoms with Gasteiger partial charge in [0.2, 0.25) is 6.04 Å². The SMILES string of the molecule is Fc1ccc(NC(C(F)(F)F)C(F)(F)F)cc1. The van der Waals surface area contributed by atoms with Gasteiger partial charge in [0, 0.05) is 5.69 Å². The molecule has 1 N–H and O–H groups in total. The summed E-state index contributed by atoms with van der Waals surface area (Å²) in [7, 11) is 0.